The van der Waals surface area contributed by atoms with Crippen molar-refractivity contribution in [1.82, 2.24) is 5.32 Å². The van der Waals surface area contributed by atoms with Crippen molar-refractivity contribution in [2.45, 2.75) is 12.8 Å². The molecule has 1 heterocycles. The second-order valence-corrected chi connectivity index (χ2v) is 5.74. The van der Waals surface area contributed by atoms with E-state index < -0.39 is 5.92 Å². The fourth-order valence-corrected chi connectivity index (χ4v) is 3.43. The van der Waals surface area contributed by atoms with Gasteiger partial charge in [0.05, 0.1) is 15.9 Å². The van der Waals surface area contributed by atoms with Crippen molar-refractivity contribution in [3.63, 3.8) is 0 Å². The van der Waals surface area contributed by atoms with Crippen LogP contribution in [0.5, 0.6) is 0 Å². The number of nitrogens with one attached hydrogen (secondary N) is 1. The van der Waals surface area contributed by atoms with Gasteiger partial charge in [0.25, 0.3) is 0 Å². The third kappa shape index (κ3) is 1.93. The average molecular weight is 289 g/mol. The lowest BCUT2D eigenvalue weighted by Gasteiger charge is -2.28. The zero-order valence-corrected chi connectivity index (χ0v) is 11.6. The second-order valence-electron chi connectivity index (χ2n) is 4.81. The molecule has 5 heteroatoms. The van der Waals surface area contributed by atoms with Crippen molar-refractivity contribution in [3.8, 4) is 0 Å². The first-order valence-corrected chi connectivity index (χ1v) is 6.92. The monoisotopic (exact) mass is 289 g/mol. The number of benzene rings is 1. The SMILES string of the molecule is O=C1c2ccccc2C(=O)C1C1CCC(=S)NC1=S. The van der Waals surface area contributed by atoms with Crippen molar-refractivity contribution in [2.75, 3.05) is 0 Å². The largest absolute Gasteiger partial charge is 0.344 e. The number of Topliss-reactive ketones (excluding diaryl/α,β-unsaturated/α-hetero) is 2. The van der Waals surface area contributed by atoms with E-state index in [0.717, 1.165) is 0 Å². The van der Waals surface area contributed by atoms with Gasteiger partial charge < -0.3 is 5.32 Å². The van der Waals surface area contributed by atoms with E-state index >= 15 is 0 Å². The average Bonchev–Trinajstić information content (AvgIpc) is 2.64. The predicted molar refractivity (Wildman–Crippen MR) is 79.6 cm³/mol. The highest BCUT2D eigenvalue weighted by atomic mass is 32.1. The van der Waals surface area contributed by atoms with Crippen LogP contribution in [0, 0.1) is 11.8 Å². The first-order valence-electron chi connectivity index (χ1n) is 6.11. The Kier molecular flexibility index (Phi) is 3.03. The van der Waals surface area contributed by atoms with E-state index in [-0.39, 0.29) is 17.5 Å². The molecule has 0 saturated carbocycles. The van der Waals surface area contributed by atoms with Crippen molar-refractivity contribution < 1.29 is 9.59 Å². The third-order valence-electron chi connectivity index (χ3n) is 3.71. The molecule has 1 aromatic carbocycles. The topological polar surface area (TPSA) is 46.2 Å². The Balaban J connectivity index is 1.96. The van der Waals surface area contributed by atoms with Gasteiger partial charge >= 0.3 is 0 Å². The molecule has 1 fully saturated rings. The van der Waals surface area contributed by atoms with E-state index in [2.05, 4.69) is 5.32 Å². The molecular weight excluding hydrogens is 278 g/mol. The molecular formula is C14H11NO2S2. The molecule has 1 saturated heterocycles. The van der Waals surface area contributed by atoms with Crippen molar-refractivity contribution in [2.24, 2.45) is 11.8 Å². The van der Waals surface area contributed by atoms with Gasteiger partial charge in [-0.15, -0.1) is 0 Å². The quantitative estimate of drug-likeness (QED) is 0.635. The Labute approximate surface area is 121 Å². The molecule has 0 amide bonds. The van der Waals surface area contributed by atoms with Crippen LogP contribution in [0.4, 0.5) is 0 Å². The van der Waals surface area contributed by atoms with Crippen LogP contribution in [0.25, 0.3) is 0 Å². The number of carbonyl (C=O) groups is 2. The summed E-state index contributed by atoms with van der Waals surface area (Å²) < 4.78 is 0. The molecule has 1 aromatic rings. The Morgan fingerprint density at radius 1 is 1.05 bits per heavy atom. The van der Waals surface area contributed by atoms with E-state index in [1.54, 1.807) is 24.3 Å². The summed E-state index contributed by atoms with van der Waals surface area (Å²) in [5.74, 6) is -1.11. The summed E-state index contributed by atoms with van der Waals surface area (Å²) >= 11 is 10.3. The van der Waals surface area contributed by atoms with E-state index in [4.69, 9.17) is 24.4 Å². The maximum atomic E-state index is 12.4. The second kappa shape index (κ2) is 4.58. The normalized spacial score (nSPS) is 23.5. The summed E-state index contributed by atoms with van der Waals surface area (Å²) in [6, 6.07) is 6.97. The van der Waals surface area contributed by atoms with Gasteiger partial charge in [0, 0.05) is 17.0 Å². The molecule has 0 spiro atoms. The van der Waals surface area contributed by atoms with Crippen LogP contribution >= 0.6 is 24.4 Å². The Morgan fingerprint density at radius 2 is 1.63 bits per heavy atom. The van der Waals surface area contributed by atoms with E-state index in [0.29, 0.717) is 33.9 Å². The number of hydrogen-bond donors (Lipinski definition) is 1. The van der Waals surface area contributed by atoms with Crippen LogP contribution in [-0.4, -0.2) is 21.5 Å². The van der Waals surface area contributed by atoms with Crippen molar-refractivity contribution >= 4 is 46.0 Å². The van der Waals surface area contributed by atoms with Gasteiger partial charge in [0.2, 0.25) is 0 Å². The van der Waals surface area contributed by atoms with Gasteiger partial charge in [-0.2, -0.15) is 0 Å². The lowest BCUT2D eigenvalue weighted by Crippen LogP contribution is -2.44. The molecule has 0 radical (unpaired) electrons. The van der Waals surface area contributed by atoms with Gasteiger partial charge in [-0.1, -0.05) is 48.7 Å². The number of thiocarbonyl (C=S) groups is 2. The van der Waals surface area contributed by atoms with Gasteiger partial charge in [-0.25, -0.2) is 0 Å². The van der Waals surface area contributed by atoms with Crippen molar-refractivity contribution in [3.05, 3.63) is 35.4 Å². The highest BCUT2D eigenvalue weighted by molar-refractivity contribution is 7.82. The fourth-order valence-electron chi connectivity index (χ4n) is 2.76. The minimum Gasteiger partial charge on any atom is -0.344 e. The summed E-state index contributed by atoms with van der Waals surface area (Å²) in [5, 5.41) is 2.93. The summed E-state index contributed by atoms with van der Waals surface area (Å²) in [6.07, 6.45) is 1.34. The molecule has 0 bridgehead atoms. The highest BCUT2D eigenvalue weighted by Crippen LogP contribution is 2.35. The molecule has 19 heavy (non-hydrogen) atoms. The van der Waals surface area contributed by atoms with Gasteiger partial charge in [0.15, 0.2) is 11.6 Å². The Hall–Kier alpha value is -1.46. The van der Waals surface area contributed by atoms with Crippen LogP contribution in [0.1, 0.15) is 33.6 Å². The zero-order chi connectivity index (χ0) is 13.6. The lowest BCUT2D eigenvalue weighted by atomic mass is 9.83. The molecule has 1 unspecified atom stereocenters. The van der Waals surface area contributed by atoms with Crippen LogP contribution in [-0.2, 0) is 0 Å². The maximum Gasteiger partial charge on any atom is 0.175 e. The fraction of sp³-hybridized carbons (Fsp3) is 0.286. The molecule has 1 aliphatic carbocycles. The Bertz CT molecular complexity index is 589. The van der Waals surface area contributed by atoms with Crippen molar-refractivity contribution in [1.29, 1.82) is 0 Å². The molecule has 1 N–H and O–H groups in total. The number of fused-ring (bicyclic) bond motifs is 1. The smallest absolute Gasteiger partial charge is 0.175 e. The van der Waals surface area contributed by atoms with Crippen LogP contribution in [0.15, 0.2) is 24.3 Å². The summed E-state index contributed by atoms with van der Waals surface area (Å²) in [5.41, 5.74) is 1.04. The molecule has 3 rings (SSSR count). The highest BCUT2D eigenvalue weighted by Gasteiger charge is 2.45. The number of piperidine rings is 1. The van der Waals surface area contributed by atoms with Crippen LogP contribution < -0.4 is 5.32 Å². The maximum absolute atomic E-state index is 12.4. The van der Waals surface area contributed by atoms with Gasteiger partial charge in [-0.05, 0) is 12.8 Å². The zero-order valence-electron chi connectivity index (χ0n) is 10.0. The van der Waals surface area contributed by atoms with Gasteiger partial charge in [0.1, 0.15) is 0 Å². The van der Waals surface area contributed by atoms with E-state index in [1.807, 2.05) is 0 Å². The number of rotatable bonds is 1. The van der Waals surface area contributed by atoms with E-state index in [1.165, 1.54) is 0 Å². The predicted octanol–water partition coefficient (Wildman–Crippen LogP) is 2.34. The minimum absolute atomic E-state index is 0.109. The summed E-state index contributed by atoms with van der Waals surface area (Å²) in [7, 11) is 0. The summed E-state index contributed by atoms with van der Waals surface area (Å²) in [6.45, 7) is 0. The molecule has 1 aliphatic heterocycles. The molecule has 1 atom stereocenters. The number of ketones is 2. The van der Waals surface area contributed by atoms with E-state index in [9.17, 15) is 9.59 Å². The summed E-state index contributed by atoms with van der Waals surface area (Å²) in [4.78, 5) is 26.0. The minimum atomic E-state index is -0.666. The molecule has 0 aromatic heterocycles. The number of carbonyl (C=O) groups excluding carboxylic acids is 2. The molecule has 3 nitrogen and oxygen atoms in total. The standard InChI is InChI=1S/C14H11NO2S2/c16-12-7-3-1-2-4-8(7)13(17)11(12)9-5-6-10(18)15-14(9)19/h1-4,9,11H,5-6H2,(H,15,18,19). The third-order valence-corrected chi connectivity index (χ3v) is 4.42. The first-order chi connectivity index (χ1) is 9.09. The lowest BCUT2D eigenvalue weighted by molar-refractivity contribution is 0.0806. The van der Waals surface area contributed by atoms with Gasteiger partial charge in [-0.3, -0.25) is 9.59 Å². The number of hydrogen-bond acceptors (Lipinski definition) is 4. The molecule has 2 aliphatic rings. The molecule has 96 valence electrons. The first kappa shape index (κ1) is 12.6. The Morgan fingerprint density at radius 3 is 2.16 bits per heavy atom. The van der Waals surface area contributed by atoms with Crippen LogP contribution in [0.3, 0.4) is 0 Å². The van der Waals surface area contributed by atoms with Crippen LogP contribution in [0.2, 0.25) is 0 Å².